The number of carbonyl (C=O) groups excluding carboxylic acids is 1. The molecule has 0 fully saturated rings. The number of aliphatic hydroxyl groups is 1. The highest BCUT2D eigenvalue weighted by Gasteiger charge is 2.17. The van der Waals surface area contributed by atoms with Gasteiger partial charge in [0, 0.05) is 13.6 Å². The summed E-state index contributed by atoms with van der Waals surface area (Å²) in [7, 11) is 1.75. The quantitative estimate of drug-likeness (QED) is 0.890. The molecule has 5 nitrogen and oxygen atoms in total. The highest BCUT2D eigenvalue weighted by molar-refractivity contribution is 5.92. The predicted molar refractivity (Wildman–Crippen MR) is 85.8 cm³/mol. The Labute approximate surface area is 131 Å². The predicted octanol–water partition coefficient (Wildman–Crippen LogP) is 2.32. The van der Waals surface area contributed by atoms with Gasteiger partial charge in [0.2, 0.25) is 0 Å². The molecule has 0 spiro atoms. The summed E-state index contributed by atoms with van der Waals surface area (Å²) in [5.41, 5.74) is 3.22. The highest BCUT2D eigenvalue weighted by Crippen LogP contribution is 2.17. The van der Waals surface area contributed by atoms with Crippen molar-refractivity contribution in [2.75, 3.05) is 6.54 Å². The topological polar surface area (TPSA) is 67.2 Å². The van der Waals surface area contributed by atoms with Gasteiger partial charge in [0.1, 0.15) is 5.69 Å². The Morgan fingerprint density at radius 3 is 2.64 bits per heavy atom. The second-order valence-electron chi connectivity index (χ2n) is 5.82. The van der Waals surface area contributed by atoms with E-state index in [1.54, 1.807) is 17.8 Å². The van der Waals surface area contributed by atoms with Crippen molar-refractivity contribution < 1.29 is 9.90 Å². The molecule has 1 aromatic heterocycles. The van der Waals surface area contributed by atoms with Crippen LogP contribution in [0.1, 0.15) is 53.2 Å². The van der Waals surface area contributed by atoms with Crippen LogP contribution in [0.25, 0.3) is 0 Å². The molecule has 1 heterocycles. The number of nitrogens with zero attached hydrogens (tertiary/aromatic N) is 2. The fourth-order valence-corrected chi connectivity index (χ4v) is 2.33. The van der Waals surface area contributed by atoms with Crippen LogP contribution >= 0.6 is 0 Å². The first-order chi connectivity index (χ1) is 10.4. The highest BCUT2D eigenvalue weighted by atomic mass is 16.3. The van der Waals surface area contributed by atoms with Crippen LogP contribution in [0.2, 0.25) is 0 Å². The third-order valence-corrected chi connectivity index (χ3v) is 3.73. The zero-order valence-corrected chi connectivity index (χ0v) is 13.5. The molecule has 0 aliphatic rings. The van der Waals surface area contributed by atoms with Crippen LogP contribution in [0.4, 0.5) is 0 Å². The smallest absolute Gasteiger partial charge is 0.269 e. The Kier molecular flexibility index (Phi) is 4.98. The van der Waals surface area contributed by atoms with E-state index in [1.807, 2.05) is 45.0 Å². The van der Waals surface area contributed by atoms with Gasteiger partial charge in [-0.1, -0.05) is 38.1 Å². The van der Waals surface area contributed by atoms with Crippen molar-refractivity contribution in [1.29, 1.82) is 0 Å². The number of aliphatic hydroxyl groups excluding tert-OH is 1. The Morgan fingerprint density at radius 2 is 2.05 bits per heavy atom. The average Bonchev–Trinajstić information content (AvgIpc) is 2.87. The monoisotopic (exact) mass is 301 g/mol. The van der Waals surface area contributed by atoms with Crippen LogP contribution in [0.15, 0.2) is 30.3 Å². The fourth-order valence-electron chi connectivity index (χ4n) is 2.33. The van der Waals surface area contributed by atoms with Gasteiger partial charge in [0.15, 0.2) is 0 Å². The molecule has 0 radical (unpaired) electrons. The number of aromatic nitrogens is 2. The second kappa shape index (κ2) is 6.75. The van der Waals surface area contributed by atoms with E-state index in [4.69, 9.17) is 0 Å². The fraction of sp³-hybridized carbons (Fsp3) is 0.412. The lowest BCUT2D eigenvalue weighted by Gasteiger charge is -2.14. The standard InChI is InChI=1S/C17H23N3O2/c1-11(2)14-9-15(20(4)19-14)17(22)18-10-16(21)13-8-6-5-7-12(13)3/h5-9,11,16,21H,10H2,1-4H3,(H,18,22). The molecule has 22 heavy (non-hydrogen) atoms. The molecule has 2 rings (SSSR count). The molecule has 118 valence electrons. The molecular formula is C17H23N3O2. The Morgan fingerprint density at radius 1 is 1.36 bits per heavy atom. The largest absolute Gasteiger partial charge is 0.387 e. The van der Waals surface area contributed by atoms with Crippen molar-refractivity contribution >= 4 is 5.91 Å². The lowest BCUT2D eigenvalue weighted by Crippen LogP contribution is -2.30. The summed E-state index contributed by atoms with van der Waals surface area (Å²) in [6.07, 6.45) is -0.719. The molecule has 0 saturated heterocycles. The number of amides is 1. The number of carbonyl (C=O) groups is 1. The van der Waals surface area contributed by atoms with Crippen LogP contribution < -0.4 is 5.32 Å². The molecule has 1 amide bonds. The maximum Gasteiger partial charge on any atom is 0.269 e. The SMILES string of the molecule is Cc1ccccc1C(O)CNC(=O)c1cc(C(C)C)nn1C. The first kappa shape index (κ1) is 16.2. The van der Waals surface area contributed by atoms with E-state index in [-0.39, 0.29) is 18.4 Å². The van der Waals surface area contributed by atoms with Crippen molar-refractivity contribution in [2.24, 2.45) is 7.05 Å². The summed E-state index contributed by atoms with van der Waals surface area (Å²) in [6.45, 7) is 6.18. The summed E-state index contributed by atoms with van der Waals surface area (Å²) in [4.78, 5) is 12.2. The minimum absolute atomic E-state index is 0.172. The van der Waals surface area contributed by atoms with Crippen LogP contribution in [-0.2, 0) is 7.05 Å². The van der Waals surface area contributed by atoms with Gasteiger partial charge < -0.3 is 10.4 Å². The van der Waals surface area contributed by atoms with Gasteiger partial charge in [-0.3, -0.25) is 9.48 Å². The van der Waals surface area contributed by atoms with Gasteiger partial charge in [-0.25, -0.2) is 0 Å². The van der Waals surface area contributed by atoms with E-state index in [2.05, 4.69) is 10.4 Å². The van der Waals surface area contributed by atoms with Crippen molar-refractivity contribution in [3.05, 3.63) is 52.8 Å². The summed E-state index contributed by atoms with van der Waals surface area (Å²) >= 11 is 0. The molecule has 5 heteroatoms. The molecule has 0 bridgehead atoms. The molecule has 1 unspecified atom stereocenters. The summed E-state index contributed by atoms with van der Waals surface area (Å²) in [5.74, 6) is 0.0415. The van der Waals surface area contributed by atoms with Crippen LogP contribution in [0.5, 0.6) is 0 Å². The Hall–Kier alpha value is -2.14. The minimum Gasteiger partial charge on any atom is -0.387 e. The van der Waals surface area contributed by atoms with Gasteiger partial charge in [-0.2, -0.15) is 5.10 Å². The zero-order valence-electron chi connectivity index (χ0n) is 13.5. The Balaban J connectivity index is 2.02. The van der Waals surface area contributed by atoms with Crippen LogP contribution in [-0.4, -0.2) is 27.3 Å². The van der Waals surface area contributed by atoms with E-state index in [1.165, 1.54) is 0 Å². The van der Waals surface area contributed by atoms with Gasteiger partial charge in [0.05, 0.1) is 11.8 Å². The molecule has 1 atom stereocenters. The van der Waals surface area contributed by atoms with E-state index >= 15 is 0 Å². The lowest BCUT2D eigenvalue weighted by atomic mass is 10.0. The van der Waals surface area contributed by atoms with Crippen molar-refractivity contribution in [2.45, 2.75) is 32.8 Å². The minimum atomic E-state index is -0.719. The van der Waals surface area contributed by atoms with Gasteiger partial charge in [-0.15, -0.1) is 0 Å². The third-order valence-electron chi connectivity index (χ3n) is 3.73. The number of hydrogen-bond donors (Lipinski definition) is 2. The maximum absolute atomic E-state index is 12.2. The number of benzene rings is 1. The normalized spacial score (nSPS) is 12.5. The van der Waals surface area contributed by atoms with E-state index < -0.39 is 6.10 Å². The third kappa shape index (κ3) is 3.54. The Bertz CT molecular complexity index is 662. The molecule has 0 aliphatic carbocycles. The molecular weight excluding hydrogens is 278 g/mol. The van der Waals surface area contributed by atoms with Crippen molar-refractivity contribution in [3.63, 3.8) is 0 Å². The summed E-state index contributed by atoms with van der Waals surface area (Å²) < 4.78 is 1.57. The summed E-state index contributed by atoms with van der Waals surface area (Å²) in [6, 6.07) is 9.40. The molecule has 0 aliphatic heterocycles. The maximum atomic E-state index is 12.2. The van der Waals surface area contributed by atoms with E-state index in [9.17, 15) is 9.90 Å². The van der Waals surface area contributed by atoms with Crippen LogP contribution in [0.3, 0.4) is 0 Å². The van der Waals surface area contributed by atoms with Crippen LogP contribution in [0, 0.1) is 6.92 Å². The molecule has 2 N–H and O–H groups in total. The van der Waals surface area contributed by atoms with E-state index in [0.29, 0.717) is 5.69 Å². The molecule has 0 saturated carbocycles. The van der Waals surface area contributed by atoms with E-state index in [0.717, 1.165) is 16.8 Å². The molecule has 1 aromatic carbocycles. The van der Waals surface area contributed by atoms with Crippen molar-refractivity contribution in [3.8, 4) is 0 Å². The van der Waals surface area contributed by atoms with Gasteiger partial charge >= 0.3 is 0 Å². The van der Waals surface area contributed by atoms with Gasteiger partial charge in [-0.05, 0) is 30.0 Å². The zero-order chi connectivity index (χ0) is 16.3. The summed E-state index contributed by atoms with van der Waals surface area (Å²) in [5, 5.41) is 17.3. The first-order valence-corrected chi connectivity index (χ1v) is 7.46. The first-order valence-electron chi connectivity index (χ1n) is 7.46. The molecule has 2 aromatic rings. The second-order valence-corrected chi connectivity index (χ2v) is 5.82. The van der Waals surface area contributed by atoms with Crippen molar-refractivity contribution in [1.82, 2.24) is 15.1 Å². The number of rotatable bonds is 5. The number of nitrogens with one attached hydrogen (secondary N) is 1. The number of aryl methyl sites for hydroxylation is 2. The number of hydrogen-bond acceptors (Lipinski definition) is 3. The average molecular weight is 301 g/mol. The lowest BCUT2D eigenvalue weighted by molar-refractivity contribution is 0.0906. The van der Waals surface area contributed by atoms with Gasteiger partial charge in [0.25, 0.3) is 5.91 Å².